The van der Waals surface area contributed by atoms with E-state index in [-0.39, 0.29) is 4.75 Å². The third kappa shape index (κ3) is 9.95. The normalized spacial score (nSPS) is 12.7. The molecule has 3 heteroatoms. The molecule has 0 radical (unpaired) electrons. The molecule has 0 spiro atoms. The first kappa shape index (κ1) is 11.9. The highest BCUT2D eigenvalue weighted by atomic mass is 32.1. The summed E-state index contributed by atoms with van der Waals surface area (Å²) < 4.78 is -0.0196. The van der Waals surface area contributed by atoms with Gasteiger partial charge >= 0.3 is 0 Å². The van der Waals surface area contributed by atoms with Crippen LogP contribution in [0.2, 0.25) is 0 Å². The molecule has 0 aromatic rings. The van der Waals surface area contributed by atoms with Gasteiger partial charge in [-0.25, -0.2) is 0 Å². The molecule has 0 heterocycles. The van der Waals surface area contributed by atoms with Crippen LogP contribution in [0.15, 0.2) is 10.2 Å². The molecule has 12 heavy (non-hydrogen) atoms. The lowest BCUT2D eigenvalue weighted by Crippen LogP contribution is -2.14. The number of azo groups is 1. The number of nitrogens with zero attached hydrogens (tertiary/aromatic N) is 2. The molecular weight excluding hydrogens is 168 g/mol. The Morgan fingerprint density at radius 3 is 2.33 bits per heavy atom. The SMILES string of the molecule is CCCCCN=NCC(C)(C)S. The third-order valence-electron chi connectivity index (χ3n) is 1.42. The minimum atomic E-state index is -0.0196. The first-order chi connectivity index (χ1) is 5.56. The second-order valence-electron chi connectivity index (χ2n) is 3.68. The fourth-order valence-electron chi connectivity index (χ4n) is 0.726. The van der Waals surface area contributed by atoms with Gasteiger partial charge in [0.2, 0.25) is 0 Å². The molecule has 0 unspecified atom stereocenters. The van der Waals surface area contributed by atoms with E-state index in [1.54, 1.807) is 0 Å². The van der Waals surface area contributed by atoms with Crippen molar-refractivity contribution >= 4 is 12.6 Å². The van der Waals surface area contributed by atoms with Crippen LogP contribution in [0, 0.1) is 0 Å². The molecule has 0 aliphatic heterocycles. The fourth-order valence-corrected chi connectivity index (χ4v) is 0.790. The largest absolute Gasteiger partial charge is 0.194 e. The van der Waals surface area contributed by atoms with Crippen LogP contribution in [0.25, 0.3) is 0 Å². The highest BCUT2D eigenvalue weighted by molar-refractivity contribution is 7.81. The molecule has 0 fully saturated rings. The molecule has 0 rings (SSSR count). The van der Waals surface area contributed by atoms with Crippen molar-refractivity contribution in [1.82, 2.24) is 0 Å². The van der Waals surface area contributed by atoms with Crippen LogP contribution < -0.4 is 0 Å². The van der Waals surface area contributed by atoms with E-state index < -0.39 is 0 Å². The molecule has 0 saturated heterocycles. The van der Waals surface area contributed by atoms with E-state index in [1.165, 1.54) is 12.8 Å². The quantitative estimate of drug-likeness (QED) is 0.376. The van der Waals surface area contributed by atoms with E-state index in [2.05, 4.69) is 29.8 Å². The Labute approximate surface area is 81.3 Å². The zero-order valence-corrected chi connectivity index (χ0v) is 9.27. The Hall–Kier alpha value is -0.0500. The molecule has 0 atom stereocenters. The van der Waals surface area contributed by atoms with E-state index >= 15 is 0 Å². The summed E-state index contributed by atoms with van der Waals surface area (Å²) >= 11 is 4.34. The summed E-state index contributed by atoms with van der Waals surface area (Å²) in [5.74, 6) is 0. The van der Waals surface area contributed by atoms with Gasteiger partial charge in [-0.2, -0.15) is 22.9 Å². The first-order valence-corrected chi connectivity index (χ1v) is 5.06. The maximum atomic E-state index is 4.34. The topological polar surface area (TPSA) is 24.7 Å². The van der Waals surface area contributed by atoms with E-state index in [0.29, 0.717) is 6.54 Å². The molecular formula is C9H20N2S. The van der Waals surface area contributed by atoms with Crippen molar-refractivity contribution in [3.63, 3.8) is 0 Å². The minimum absolute atomic E-state index is 0.0196. The lowest BCUT2D eigenvalue weighted by atomic mass is 10.2. The molecule has 0 bridgehead atoms. The predicted molar refractivity (Wildman–Crippen MR) is 57.2 cm³/mol. The van der Waals surface area contributed by atoms with Gasteiger partial charge in [-0.15, -0.1) is 0 Å². The van der Waals surface area contributed by atoms with Crippen molar-refractivity contribution in [2.45, 2.75) is 44.8 Å². The predicted octanol–water partition coefficient (Wildman–Crippen LogP) is 3.34. The summed E-state index contributed by atoms with van der Waals surface area (Å²) in [5, 5.41) is 8.13. The zero-order valence-electron chi connectivity index (χ0n) is 8.38. The zero-order chi connectivity index (χ0) is 9.45. The summed E-state index contributed by atoms with van der Waals surface area (Å²) in [6, 6.07) is 0. The summed E-state index contributed by atoms with van der Waals surface area (Å²) in [5.41, 5.74) is 0. The second-order valence-corrected chi connectivity index (χ2v) is 4.89. The smallest absolute Gasteiger partial charge is 0.0737 e. The van der Waals surface area contributed by atoms with E-state index in [0.717, 1.165) is 13.0 Å². The van der Waals surface area contributed by atoms with Crippen LogP contribution >= 0.6 is 12.6 Å². The number of unbranched alkanes of at least 4 members (excludes halogenated alkanes) is 2. The maximum absolute atomic E-state index is 4.34. The number of thiol groups is 1. The molecule has 0 aromatic carbocycles. The highest BCUT2D eigenvalue weighted by Crippen LogP contribution is 2.11. The van der Waals surface area contributed by atoms with Crippen molar-refractivity contribution in [2.24, 2.45) is 10.2 Å². The van der Waals surface area contributed by atoms with Crippen molar-refractivity contribution in [1.29, 1.82) is 0 Å². The summed E-state index contributed by atoms with van der Waals surface area (Å²) in [7, 11) is 0. The van der Waals surface area contributed by atoms with Crippen molar-refractivity contribution in [2.75, 3.05) is 13.1 Å². The van der Waals surface area contributed by atoms with E-state index in [4.69, 9.17) is 0 Å². The van der Waals surface area contributed by atoms with Gasteiger partial charge in [0.25, 0.3) is 0 Å². The van der Waals surface area contributed by atoms with Gasteiger partial charge in [0, 0.05) is 4.75 Å². The van der Waals surface area contributed by atoms with Crippen LogP contribution in [-0.4, -0.2) is 17.8 Å². The van der Waals surface area contributed by atoms with Gasteiger partial charge in [0.15, 0.2) is 0 Å². The monoisotopic (exact) mass is 188 g/mol. The second kappa shape index (κ2) is 6.46. The van der Waals surface area contributed by atoms with Crippen molar-refractivity contribution in [3.05, 3.63) is 0 Å². The summed E-state index contributed by atoms with van der Waals surface area (Å²) in [6.07, 6.45) is 3.66. The molecule has 0 aliphatic carbocycles. The Balaban J connectivity index is 3.26. The number of hydrogen-bond donors (Lipinski definition) is 1. The maximum Gasteiger partial charge on any atom is 0.0737 e. The van der Waals surface area contributed by atoms with Crippen molar-refractivity contribution < 1.29 is 0 Å². The van der Waals surface area contributed by atoms with Crippen molar-refractivity contribution in [3.8, 4) is 0 Å². The summed E-state index contributed by atoms with van der Waals surface area (Å²) in [6.45, 7) is 7.86. The molecule has 0 N–H and O–H groups in total. The summed E-state index contributed by atoms with van der Waals surface area (Å²) in [4.78, 5) is 0. The first-order valence-electron chi connectivity index (χ1n) is 4.62. The fraction of sp³-hybridized carbons (Fsp3) is 1.00. The lowest BCUT2D eigenvalue weighted by Gasteiger charge is -2.11. The van der Waals surface area contributed by atoms with Crippen LogP contribution in [-0.2, 0) is 0 Å². The Morgan fingerprint density at radius 1 is 1.17 bits per heavy atom. The molecule has 0 saturated carbocycles. The Morgan fingerprint density at radius 2 is 1.83 bits per heavy atom. The minimum Gasteiger partial charge on any atom is -0.194 e. The van der Waals surface area contributed by atoms with E-state index in [9.17, 15) is 0 Å². The molecule has 0 aliphatic rings. The van der Waals surface area contributed by atoms with Crippen LogP contribution in [0.5, 0.6) is 0 Å². The average Bonchev–Trinajstić information content (AvgIpc) is 1.94. The van der Waals surface area contributed by atoms with Gasteiger partial charge in [0.1, 0.15) is 0 Å². The van der Waals surface area contributed by atoms with Gasteiger partial charge < -0.3 is 0 Å². The average molecular weight is 188 g/mol. The standard InChI is InChI=1S/C9H20N2S/c1-4-5-6-7-10-11-8-9(2,3)12/h12H,4-8H2,1-3H3. The van der Waals surface area contributed by atoms with Gasteiger partial charge in [0.05, 0.1) is 13.1 Å². The van der Waals surface area contributed by atoms with Gasteiger partial charge in [-0.1, -0.05) is 19.8 Å². The molecule has 2 nitrogen and oxygen atoms in total. The van der Waals surface area contributed by atoms with E-state index in [1.807, 2.05) is 13.8 Å². The van der Waals surface area contributed by atoms with Gasteiger partial charge in [-0.05, 0) is 20.3 Å². The molecule has 72 valence electrons. The lowest BCUT2D eigenvalue weighted by molar-refractivity contribution is 0.662. The highest BCUT2D eigenvalue weighted by Gasteiger charge is 2.08. The van der Waals surface area contributed by atoms with Crippen LogP contribution in [0.3, 0.4) is 0 Å². The Bertz CT molecular complexity index is 127. The van der Waals surface area contributed by atoms with Gasteiger partial charge in [-0.3, -0.25) is 0 Å². The molecule has 0 amide bonds. The van der Waals surface area contributed by atoms with Crippen LogP contribution in [0.1, 0.15) is 40.0 Å². The van der Waals surface area contributed by atoms with Crippen LogP contribution in [0.4, 0.5) is 0 Å². The number of hydrogen-bond acceptors (Lipinski definition) is 3. The Kier molecular flexibility index (Phi) is 6.44. The number of rotatable bonds is 6. The third-order valence-corrected chi connectivity index (χ3v) is 1.56. The molecule has 0 aromatic heterocycles.